The number of hydrogen-bond acceptors (Lipinski definition) is 3. The highest BCUT2D eigenvalue weighted by molar-refractivity contribution is 6.00. The van der Waals surface area contributed by atoms with Gasteiger partial charge in [-0.15, -0.1) is 0 Å². The minimum absolute atomic E-state index is 0.0175. The highest BCUT2D eigenvalue weighted by atomic mass is 16.4. The zero-order valence-electron chi connectivity index (χ0n) is 11.8. The summed E-state index contributed by atoms with van der Waals surface area (Å²) in [6, 6.07) is 7.32. The number of amides is 1. The molecule has 0 bridgehead atoms. The van der Waals surface area contributed by atoms with E-state index < -0.39 is 5.97 Å². The van der Waals surface area contributed by atoms with Gasteiger partial charge < -0.3 is 19.8 Å². The van der Waals surface area contributed by atoms with Gasteiger partial charge in [-0.1, -0.05) is 18.2 Å². The van der Waals surface area contributed by atoms with Gasteiger partial charge in [0.15, 0.2) is 0 Å². The lowest BCUT2D eigenvalue weighted by Crippen LogP contribution is -2.32. The summed E-state index contributed by atoms with van der Waals surface area (Å²) in [5.74, 6) is -1.46. The van der Waals surface area contributed by atoms with Crippen molar-refractivity contribution in [2.45, 2.75) is 26.3 Å². The van der Waals surface area contributed by atoms with Crippen molar-refractivity contribution in [1.82, 2.24) is 9.88 Å². The van der Waals surface area contributed by atoms with Gasteiger partial charge in [0.2, 0.25) is 5.91 Å². The van der Waals surface area contributed by atoms with Crippen LogP contribution in [-0.2, 0) is 18.3 Å². The van der Waals surface area contributed by atoms with E-state index in [4.69, 9.17) is 0 Å². The van der Waals surface area contributed by atoms with E-state index in [-0.39, 0.29) is 24.1 Å². The largest absolute Gasteiger partial charge is 0.543 e. The van der Waals surface area contributed by atoms with Gasteiger partial charge in [-0.3, -0.25) is 4.79 Å². The van der Waals surface area contributed by atoms with Gasteiger partial charge in [0, 0.05) is 24.0 Å². The van der Waals surface area contributed by atoms with Crippen molar-refractivity contribution < 1.29 is 14.7 Å². The molecule has 0 unspecified atom stereocenters. The number of aromatic carboxylic acids is 1. The molecule has 0 saturated carbocycles. The van der Waals surface area contributed by atoms with Crippen molar-refractivity contribution in [2.24, 2.45) is 7.05 Å². The van der Waals surface area contributed by atoms with Gasteiger partial charge >= 0.3 is 0 Å². The fraction of sp³-hybridized carbons (Fsp3) is 0.333. The van der Waals surface area contributed by atoms with E-state index in [1.54, 1.807) is 11.6 Å². The average molecular weight is 273 g/mol. The normalized spacial score (nSPS) is 11.0. The molecule has 0 saturated heterocycles. The molecule has 1 amide bonds. The van der Waals surface area contributed by atoms with Gasteiger partial charge in [0.25, 0.3) is 0 Å². The van der Waals surface area contributed by atoms with E-state index >= 15 is 0 Å². The number of hydrogen-bond donors (Lipinski definition) is 1. The lowest BCUT2D eigenvalue weighted by atomic mass is 10.1. The van der Waals surface area contributed by atoms with E-state index in [1.807, 2.05) is 38.1 Å². The minimum Gasteiger partial charge on any atom is -0.543 e. The first-order valence-electron chi connectivity index (χ1n) is 6.48. The molecule has 0 spiro atoms. The molecule has 0 aliphatic carbocycles. The Kier molecular flexibility index (Phi) is 3.79. The molecule has 0 aliphatic rings. The third kappa shape index (κ3) is 2.52. The molecule has 20 heavy (non-hydrogen) atoms. The number of fused-ring (bicyclic) bond motifs is 1. The fourth-order valence-electron chi connectivity index (χ4n) is 2.44. The molecule has 106 valence electrons. The highest BCUT2D eigenvalue weighted by Gasteiger charge is 2.18. The number of aryl methyl sites for hydroxylation is 1. The Labute approximate surface area is 117 Å². The maximum absolute atomic E-state index is 11.9. The molecule has 2 rings (SSSR count). The number of carboxylic acids is 1. The van der Waals surface area contributed by atoms with Crippen LogP contribution in [0.4, 0.5) is 0 Å². The summed E-state index contributed by atoms with van der Waals surface area (Å²) >= 11 is 0. The average Bonchev–Trinajstić information content (AvgIpc) is 2.62. The standard InChI is InChI=1S/C15H18N2O3/c1-9(2)16-13(18)8-11-10-6-4-5-7-12(10)17(3)14(11)15(19)20/h4-7,9H,8H2,1-3H3,(H,16,18)(H,19,20)/p-1. The summed E-state index contributed by atoms with van der Waals surface area (Å²) < 4.78 is 1.56. The fourth-order valence-corrected chi connectivity index (χ4v) is 2.44. The monoisotopic (exact) mass is 273 g/mol. The molecule has 1 aromatic carbocycles. The number of nitrogens with one attached hydrogen (secondary N) is 1. The number of rotatable bonds is 4. The third-order valence-corrected chi connectivity index (χ3v) is 3.19. The number of aromatic nitrogens is 1. The van der Waals surface area contributed by atoms with Gasteiger partial charge in [-0.05, 0) is 25.5 Å². The van der Waals surface area contributed by atoms with Crippen molar-refractivity contribution in [3.63, 3.8) is 0 Å². The number of nitrogens with zero attached hydrogens (tertiary/aromatic N) is 1. The van der Waals surface area contributed by atoms with Crippen LogP contribution in [0.25, 0.3) is 10.9 Å². The van der Waals surface area contributed by atoms with Crippen LogP contribution in [0.1, 0.15) is 29.9 Å². The number of carbonyl (C=O) groups is 2. The van der Waals surface area contributed by atoms with Crippen LogP contribution >= 0.6 is 0 Å². The molecule has 0 aliphatic heterocycles. The summed E-state index contributed by atoms with van der Waals surface area (Å²) in [4.78, 5) is 23.3. The summed E-state index contributed by atoms with van der Waals surface area (Å²) in [6.45, 7) is 3.72. The summed E-state index contributed by atoms with van der Waals surface area (Å²) in [5.41, 5.74) is 1.34. The maximum atomic E-state index is 11.9. The molecule has 1 N–H and O–H groups in total. The Morgan fingerprint density at radius 2 is 1.95 bits per heavy atom. The van der Waals surface area contributed by atoms with Crippen LogP contribution in [0.3, 0.4) is 0 Å². The summed E-state index contributed by atoms with van der Waals surface area (Å²) in [7, 11) is 1.66. The van der Waals surface area contributed by atoms with Gasteiger partial charge in [0.1, 0.15) is 0 Å². The highest BCUT2D eigenvalue weighted by Crippen LogP contribution is 2.25. The summed E-state index contributed by atoms with van der Waals surface area (Å²) in [5, 5.41) is 14.9. The van der Waals surface area contributed by atoms with Crippen LogP contribution in [0.15, 0.2) is 24.3 Å². The van der Waals surface area contributed by atoms with Crippen molar-refractivity contribution in [3.8, 4) is 0 Å². The topological polar surface area (TPSA) is 74.2 Å². The second-order valence-corrected chi connectivity index (χ2v) is 5.09. The van der Waals surface area contributed by atoms with E-state index in [9.17, 15) is 14.7 Å². The Balaban J connectivity index is 2.53. The Morgan fingerprint density at radius 1 is 1.30 bits per heavy atom. The van der Waals surface area contributed by atoms with Crippen molar-refractivity contribution in [2.75, 3.05) is 0 Å². The minimum atomic E-state index is -1.27. The Bertz CT molecular complexity index is 671. The van der Waals surface area contributed by atoms with Crippen LogP contribution in [0.5, 0.6) is 0 Å². The van der Waals surface area contributed by atoms with Crippen molar-refractivity contribution >= 4 is 22.8 Å². The number of para-hydroxylation sites is 1. The van der Waals surface area contributed by atoms with Crippen LogP contribution in [-0.4, -0.2) is 22.5 Å². The first-order chi connectivity index (χ1) is 9.41. The van der Waals surface area contributed by atoms with Crippen LogP contribution in [0, 0.1) is 0 Å². The smallest absolute Gasteiger partial charge is 0.224 e. The first-order valence-corrected chi connectivity index (χ1v) is 6.48. The lowest BCUT2D eigenvalue weighted by molar-refractivity contribution is -0.255. The van der Waals surface area contributed by atoms with Gasteiger partial charge in [-0.25, -0.2) is 0 Å². The van der Waals surface area contributed by atoms with E-state index in [0.29, 0.717) is 5.56 Å². The quantitative estimate of drug-likeness (QED) is 0.887. The third-order valence-electron chi connectivity index (χ3n) is 3.19. The number of benzene rings is 1. The molecular weight excluding hydrogens is 256 g/mol. The van der Waals surface area contributed by atoms with E-state index in [0.717, 1.165) is 10.9 Å². The number of carboxylic acid groups (broad SMARTS) is 1. The summed E-state index contributed by atoms with van der Waals surface area (Å²) in [6.07, 6.45) is 0.0306. The Hall–Kier alpha value is -2.30. The second-order valence-electron chi connectivity index (χ2n) is 5.09. The van der Waals surface area contributed by atoms with Crippen LogP contribution < -0.4 is 10.4 Å². The second kappa shape index (κ2) is 5.36. The predicted molar refractivity (Wildman–Crippen MR) is 74.2 cm³/mol. The maximum Gasteiger partial charge on any atom is 0.224 e. The number of carbonyl (C=O) groups excluding carboxylic acids is 2. The zero-order chi connectivity index (χ0) is 14.9. The SMILES string of the molecule is CC(C)NC(=O)Cc1c(C(=O)[O-])n(C)c2ccccc12. The van der Waals surface area contributed by atoms with Crippen molar-refractivity contribution in [1.29, 1.82) is 0 Å². The van der Waals surface area contributed by atoms with Crippen molar-refractivity contribution in [3.05, 3.63) is 35.5 Å². The molecule has 0 fully saturated rings. The molecule has 0 radical (unpaired) electrons. The van der Waals surface area contributed by atoms with Gasteiger partial charge in [0.05, 0.1) is 18.1 Å². The van der Waals surface area contributed by atoms with E-state index in [2.05, 4.69) is 5.32 Å². The molecule has 1 aromatic heterocycles. The first kappa shape index (κ1) is 14.1. The zero-order valence-corrected chi connectivity index (χ0v) is 11.8. The molecule has 0 atom stereocenters. The van der Waals surface area contributed by atoms with Crippen LogP contribution in [0.2, 0.25) is 0 Å². The molecule has 5 nitrogen and oxygen atoms in total. The molecule has 1 heterocycles. The molecule has 2 aromatic rings. The molecular formula is C15H17N2O3-. The molecule has 5 heteroatoms. The van der Waals surface area contributed by atoms with Gasteiger partial charge in [-0.2, -0.15) is 0 Å². The Morgan fingerprint density at radius 3 is 2.55 bits per heavy atom. The van der Waals surface area contributed by atoms with E-state index in [1.165, 1.54) is 0 Å². The predicted octanol–water partition coefficient (Wildman–Crippen LogP) is 0.609. The lowest BCUT2D eigenvalue weighted by Gasteiger charge is -2.11.